The Hall–Kier alpha value is -4.38. The molecule has 3 aromatic carbocycles. The quantitative estimate of drug-likeness (QED) is 0.301. The number of benzene rings is 3. The van der Waals surface area contributed by atoms with Crippen LogP contribution in [0.15, 0.2) is 103 Å². The molecule has 5 aromatic rings. The van der Waals surface area contributed by atoms with E-state index in [2.05, 4.69) is 15.3 Å². The summed E-state index contributed by atoms with van der Waals surface area (Å²) in [6, 6.07) is 31.2. The van der Waals surface area contributed by atoms with Crippen molar-refractivity contribution in [2.75, 3.05) is 5.32 Å². The highest BCUT2D eigenvalue weighted by Crippen LogP contribution is 2.37. The molecule has 5 nitrogen and oxygen atoms in total. The van der Waals surface area contributed by atoms with Crippen LogP contribution in [0.5, 0.6) is 11.5 Å². The van der Waals surface area contributed by atoms with Gasteiger partial charge in [-0.05, 0) is 48.4 Å². The molecule has 0 aliphatic rings. The summed E-state index contributed by atoms with van der Waals surface area (Å²) >= 11 is 0. The fourth-order valence-corrected chi connectivity index (χ4v) is 3.98. The van der Waals surface area contributed by atoms with Crippen molar-refractivity contribution >= 4 is 16.7 Å². The Morgan fingerprint density at radius 1 is 0.882 bits per heavy atom. The second kappa shape index (κ2) is 9.63. The topological polar surface area (TPSA) is 67.3 Å². The van der Waals surface area contributed by atoms with Gasteiger partial charge in [0.05, 0.1) is 6.04 Å². The normalized spacial score (nSPS) is 11.8. The number of hydrogen-bond acceptors (Lipinski definition) is 5. The number of aromatic hydroxyl groups is 1. The molecule has 5 rings (SSSR count). The number of ether oxygens (including phenoxy) is 1. The first-order valence-electron chi connectivity index (χ1n) is 11.2. The number of aryl methyl sites for hydroxylation is 1. The lowest BCUT2D eigenvalue weighted by molar-refractivity contribution is 0.306. The predicted molar refractivity (Wildman–Crippen MR) is 135 cm³/mol. The Kier molecular flexibility index (Phi) is 6.08. The SMILES string of the molecule is Cc1ccc2ccc([C@H](Nc3ccccn3)c3cccc(OCc4ccccc4)c3)c(O)c2n1. The van der Waals surface area contributed by atoms with E-state index in [1.807, 2.05) is 104 Å². The molecule has 2 heterocycles. The largest absolute Gasteiger partial charge is 0.505 e. The van der Waals surface area contributed by atoms with Crippen LogP contribution >= 0.6 is 0 Å². The second-order valence-corrected chi connectivity index (χ2v) is 8.17. The minimum absolute atomic E-state index is 0.158. The van der Waals surface area contributed by atoms with Crippen molar-refractivity contribution in [3.05, 3.63) is 126 Å². The van der Waals surface area contributed by atoms with Crippen molar-refractivity contribution in [2.45, 2.75) is 19.6 Å². The predicted octanol–water partition coefficient (Wildman–Crippen LogP) is 6.42. The lowest BCUT2D eigenvalue weighted by atomic mass is 9.96. The van der Waals surface area contributed by atoms with Crippen LogP contribution in [0.2, 0.25) is 0 Å². The van der Waals surface area contributed by atoms with E-state index >= 15 is 0 Å². The fourth-order valence-electron chi connectivity index (χ4n) is 3.98. The zero-order valence-electron chi connectivity index (χ0n) is 18.8. The molecule has 0 aliphatic heterocycles. The van der Waals surface area contributed by atoms with Gasteiger partial charge in [0.15, 0.2) is 0 Å². The smallest absolute Gasteiger partial charge is 0.147 e. The van der Waals surface area contributed by atoms with Crippen molar-refractivity contribution in [3.8, 4) is 11.5 Å². The molecule has 34 heavy (non-hydrogen) atoms. The Labute approximate surface area is 198 Å². The van der Waals surface area contributed by atoms with Crippen molar-refractivity contribution in [1.82, 2.24) is 9.97 Å². The minimum atomic E-state index is -0.359. The molecule has 2 N–H and O–H groups in total. The molecular weight excluding hydrogens is 422 g/mol. The van der Waals surface area contributed by atoms with Crippen molar-refractivity contribution in [3.63, 3.8) is 0 Å². The number of hydrogen-bond donors (Lipinski definition) is 2. The van der Waals surface area contributed by atoms with Crippen molar-refractivity contribution in [2.24, 2.45) is 0 Å². The van der Waals surface area contributed by atoms with E-state index in [-0.39, 0.29) is 11.8 Å². The first-order chi connectivity index (χ1) is 16.7. The zero-order valence-corrected chi connectivity index (χ0v) is 18.8. The van der Waals surface area contributed by atoms with Gasteiger partial charge in [0, 0.05) is 22.8 Å². The van der Waals surface area contributed by atoms with Crippen LogP contribution in [0, 0.1) is 6.92 Å². The van der Waals surface area contributed by atoms with Crippen LogP contribution in [0.3, 0.4) is 0 Å². The maximum atomic E-state index is 11.3. The summed E-state index contributed by atoms with van der Waals surface area (Å²) in [5.41, 5.74) is 4.20. The highest BCUT2D eigenvalue weighted by atomic mass is 16.5. The van der Waals surface area contributed by atoms with Crippen molar-refractivity contribution in [1.29, 1.82) is 0 Å². The van der Waals surface area contributed by atoms with E-state index in [0.29, 0.717) is 17.9 Å². The monoisotopic (exact) mass is 447 g/mol. The van der Waals surface area contributed by atoms with Gasteiger partial charge in [0.25, 0.3) is 0 Å². The third-order valence-electron chi connectivity index (χ3n) is 5.71. The molecular formula is C29H25N3O2. The average molecular weight is 448 g/mol. The van der Waals surface area contributed by atoms with E-state index in [4.69, 9.17) is 4.74 Å². The lowest BCUT2D eigenvalue weighted by Gasteiger charge is -2.22. The van der Waals surface area contributed by atoms with Gasteiger partial charge in [-0.1, -0.05) is 66.7 Å². The van der Waals surface area contributed by atoms with E-state index in [1.54, 1.807) is 6.20 Å². The standard InChI is InChI=1S/C29H25N3O2/c1-20-13-14-22-15-16-25(29(33)28(22)31-20)27(32-26-12-5-6-17-30-26)23-10-7-11-24(18-23)34-19-21-8-3-2-4-9-21/h2-18,27,33H,19H2,1H3,(H,30,32)/t27-/m1/s1. The minimum Gasteiger partial charge on any atom is -0.505 e. The van der Waals surface area contributed by atoms with Gasteiger partial charge in [0.2, 0.25) is 0 Å². The first-order valence-corrected chi connectivity index (χ1v) is 11.2. The van der Waals surface area contributed by atoms with Crippen LogP contribution in [0.1, 0.15) is 28.4 Å². The first kappa shape index (κ1) is 21.5. The number of aromatic nitrogens is 2. The molecule has 5 heteroatoms. The average Bonchev–Trinajstić information content (AvgIpc) is 2.88. The highest BCUT2D eigenvalue weighted by molar-refractivity contribution is 5.86. The molecule has 0 aliphatic carbocycles. The summed E-state index contributed by atoms with van der Waals surface area (Å²) in [7, 11) is 0. The third-order valence-corrected chi connectivity index (χ3v) is 5.71. The maximum absolute atomic E-state index is 11.3. The van der Waals surface area contributed by atoms with Gasteiger partial charge in [-0.2, -0.15) is 0 Å². The Morgan fingerprint density at radius 2 is 1.71 bits per heavy atom. The molecule has 1 atom stereocenters. The van der Waals surface area contributed by atoms with Gasteiger partial charge < -0.3 is 15.2 Å². The Bertz CT molecular complexity index is 1410. The third kappa shape index (κ3) is 4.69. The van der Waals surface area contributed by atoms with Crippen LogP contribution in [-0.4, -0.2) is 15.1 Å². The Morgan fingerprint density at radius 3 is 2.53 bits per heavy atom. The maximum Gasteiger partial charge on any atom is 0.147 e. The number of nitrogens with zero attached hydrogens (tertiary/aromatic N) is 2. The van der Waals surface area contributed by atoms with Gasteiger partial charge in [-0.3, -0.25) is 0 Å². The molecule has 0 unspecified atom stereocenters. The molecule has 0 saturated carbocycles. The lowest BCUT2D eigenvalue weighted by Crippen LogP contribution is -2.14. The summed E-state index contributed by atoms with van der Waals surface area (Å²) < 4.78 is 6.07. The number of pyridine rings is 2. The molecule has 0 amide bonds. The molecule has 0 bridgehead atoms. The summed E-state index contributed by atoms with van der Waals surface area (Å²) in [6.45, 7) is 2.40. The molecule has 168 valence electrons. The van der Waals surface area contributed by atoms with E-state index in [1.165, 1.54) is 0 Å². The van der Waals surface area contributed by atoms with Crippen LogP contribution in [0.4, 0.5) is 5.82 Å². The van der Waals surface area contributed by atoms with Gasteiger partial charge in [0.1, 0.15) is 29.4 Å². The number of nitrogens with one attached hydrogen (secondary N) is 1. The molecule has 2 aromatic heterocycles. The summed E-state index contributed by atoms with van der Waals surface area (Å²) in [5, 5.41) is 15.6. The zero-order chi connectivity index (χ0) is 23.3. The fraction of sp³-hybridized carbons (Fsp3) is 0.103. The van der Waals surface area contributed by atoms with Crippen molar-refractivity contribution < 1.29 is 9.84 Å². The number of phenols is 1. The Balaban J connectivity index is 1.53. The van der Waals surface area contributed by atoms with Gasteiger partial charge >= 0.3 is 0 Å². The van der Waals surface area contributed by atoms with Gasteiger partial charge in [-0.15, -0.1) is 0 Å². The summed E-state index contributed by atoms with van der Waals surface area (Å²) in [6.07, 6.45) is 1.74. The van der Waals surface area contributed by atoms with Crippen LogP contribution in [0.25, 0.3) is 10.9 Å². The van der Waals surface area contributed by atoms with Gasteiger partial charge in [-0.25, -0.2) is 9.97 Å². The molecule has 0 radical (unpaired) electrons. The second-order valence-electron chi connectivity index (χ2n) is 8.17. The number of anilines is 1. The van der Waals surface area contributed by atoms with E-state index < -0.39 is 0 Å². The van der Waals surface area contributed by atoms with E-state index in [9.17, 15) is 5.11 Å². The highest BCUT2D eigenvalue weighted by Gasteiger charge is 2.21. The molecule has 0 fully saturated rings. The number of rotatable bonds is 7. The number of phenolic OH excluding ortho intramolecular Hbond substituents is 1. The molecule has 0 saturated heterocycles. The van der Waals surface area contributed by atoms with Crippen LogP contribution in [-0.2, 0) is 6.61 Å². The summed E-state index contributed by atoms with van der Waals surface area (Å²) in [5.74, 6) is 1.62. The van der Waals surface area contributed by atoms with Crippen LogP contribution < -0.4 is 10.1 Å². The van der Waals surface area contributed by atoms with E-state index in [0.717, 1.165) is 33.5 Å². The number of fused-ring (bicyclic) bond motifs is 1. The summed E-state index contributed by atoms with van der Waals surface area (Å²) in [4.78, 5) is 9.02. The molecule has 0 spiro atoms.